The minimum absolute atomic E-state index is 0.179. The summed E-state index contributed by atoms with van der Waals surface area (Å²) in [7, 11) is -3.25. The lowest BCUT2D eigenvalue weighted by Crippen LogP contribution is -2.25. The number of aliphatic carboxylic acids is 1. The van der Waals surface area contributed by atoms with E-state index in [0.29, 0.717) is 13.0 Å². The molecule has 0 aliphatic rings. The Hall–Kier alpha value is -0.830. The van der Waals surface area contributed by atoms with Crippen molar-refractivity contribution in [3.8, 4) is 0 Å². The molecule has 104 valence electrons. The maximum Gasteiger partial charge on any atom is 0.328 e. The van der Waals surface area contributed by atoms with Crippen LogP contribution < -0.4 is 9.44 Å². The van der Waals surface area contributed by atoms with Crippen molar-refractivity contribution in [3.05, 3.63) is 23.8 Å². The minimum atomic E-state index is -3.25. The van der Waals surface area contributed by atoms with Gasteiger partial charge in [-0.05, 0) is 12.7 Å². The van der Waals surface area contributed by atoms with Crippen LogP contribution in [0.4, 0.5) is 0 Å². The zero-order valence-corrected chi connectivity index (χ0v) is 12.0. The molecule has 8 heteroatoms. The fraction of sp³-hybridized carbons (Fsp3) is 0.500. The molecular weight excluding hydrogens is 276 g/mol. The summed E-state index contributed by atoms with van der Waals surface area (Å²) in [6.07, 6.45) is 7.60. The zero-order valence-electron chi connectivity index (χ0n) is 10.3. The Bertz CT molecular complexity index is 416. The van der Waals surface area contributed by atoms with Gasteiger partial charge in [-0.25, -0.2) is 17.9 Å². The molecule has 0 aliphatic heterocycles. The Morgan fingerprint density at radius 3 is 2.61 bits per heavy atom. The van der Waals surface area contributed by atoms with Crippen LogP contribution in [0.15, 0.2) is 23.8 Å². The first-order valence-corrected chi connectivity index (χ1v) is 8.26. The fourth-order valence-electron chi connectivity index (χ4n) is 1.03. The number of carboxylic acid groups (broad SMARTS) is 1. The number of carbonyl (C=O) groups is 1. The molecule has 0 heterocycles. The number of sulfonamides is 1. The van der Waals surface area contributed by atoms with Crippen molar-refractivity contribution < 1.29 is 18.3 Å². The molecule has 18 heavy (non-hydrogen) atoms. The summed E-state index contributed by atoms with van der Waals surface area (Å²) in [5, 5.41) is 8.46. The summed E-state index contributed by atoms with van der Waals surface area (Å²) in [5.41, 5.74) is 0.805. The van der Waals surface area contributed by atoms with Gasteiger partial charge in [0, 0.05) is 19.2 Å². The molecule has 0 atom stereocenters. The number of nitrogens with one attached hydrogen (secondary N) is 2. The molecule has 0 aliphatic carbocycles. The van der Waals surface area contributed by atoms with Gasteiger partial charge in [0.15, 0.2) is 0 Å². The standard InChI is InChI=1S/C10H18N2O4S2/c1-17-11-7-6-9(4-3-5-10(13)14)8-12-18(2,15)16/h3-5,11-12H,6-8H2,1-2H3,(H,13,14)/b5-3+,9-4-. The molecule has 0 aromatic heterocycles. The third-order valence-corrected chi connectivity index (χ3v) is 2.99. The van der Waals surface area contributed by atoms with Crippen LogP contribution in [0.3, 0.4) is 0 Å². The lowest BCUT2D eigenvalue weighted by Gasteiger charge is -2.07. The second-order valence-electron chi connectivity index (χ2n) is 3.46. The van der Waals surface area contributed by atoms with E-state index >= 15 is 0 Å². The van der Waals surface area contributed by atoms with E-state index in [1.165, 1.54) is 18.0 Å². The molecule has 0 aromatic rings. The Morgan fingerprint density at radius 2 is 2.11 bits per heavy atom. The van der Waals surface area contributed by atoms with Crippen molar-refractivity contribution in [2.24, 2.45) is 0 Å². The molecule has 0 amide bonds. The first kappa shape index (κ1) is 17.2. The predicted molar refractivity (Wildman–Crippen MR) is 73.8 cm³/mol. The molecule has 0 rings (SSSR count). The molecule has 0 saturated heterocycles. The first-order valence-electron chi connectivity index (χ1n) is 5.14. The Kier molecular flexibility index (Phi) is 8.73. The topological polar surface area (TPSA) is 95.5 Å². The van der Waals surface area contributed by atoms with Gasteiger partial charge < -0.3 is 5.11 Å². The van der Waals surface area contributed by atoms with Crippen molar-refractivity contribution in [3.63, 3.8) is 0 Å². The number of rotatable bonds is 9. The summed E-state index contributed by atoms with van der Waals surface area (Å²) >= 11 is 1.47. The lowest BCUT2D eigenvalue weighted by molar-refractivity contribution is -0.131. The van der Waals surface area contributed by atoms with E-state index in [0.717, 1.165) is 17.9 Å². The van der Waals surface area contributed by atoms with E-state index in [2.05, 4.69) is 9.44 Å². The fourth-order valence-corrected chi connectivity index (χ4v) is 1.79. The van der Waals surface area contributed by atoms with Crippen LogP contribution in [0.1, 0.15) is 6.42 Å². The smallest absolute Gasteiger partial charge is 0.328 e. The highest BCUT2D eigenvalue weighted by atomic mass is 32.2. The monoisotopic (exact) mass is 294 g/mol. The van der Waals surface area contributed by atoms with Crippen molar-refractivity contribution in [1.82, 2.24) is 9.44 Å². The van der Waals surface area contributed by atoms with Crippen LogP contribution in [0, 0.1) is 0 Å². The largest absolute Gasteiger partial charge is 0.478 e. The van der Waals surface area contributed by atoms with E-state index in [9.17, 15) is 13.2 Å². The zero-order chi connectivity index (χ0) is 14.0. The van der Waals surface area contributed by atoms with Crippen LogP contribution in [0.25, 0.3) is 0 Å². The third kappa shape index (κ3) is 11.6. The van der Waals surface area contributed by atoms with Gasteiger partial charge in [-0.1, -0.05) is 29.7 Å². The second-order valence-corrected chi connectivity index (χ2v) is 5.99. The number of allylic oxidation sites excluding steroid dienone is 2. The van der Waals surface area contributed by atoms with Crippen LogP contribution in [0.2, 0.25) is 0 Å². The number of hydrogen-bond donors (Lipinski definition) is 3. The SMILES string of the molecule is CSNCC/C(=C/C=C/C(=O)O)CNS(C)(=O)=O. The van der Waals surface area contributed by atoms with Crippen LogP contribution in [-0.2, 0) is 14.8 Å². The minimum Gasteiger partial charge on any atom is -0.478 e. The Morgan fingerprint density at radius 1 is 1.44 bits per heavy atom. The maximum atomic E-state index is 11.0. The molecule has 0 bridgehead atoms. The van der Waals surface area contributed by atoms with E-state index < -0.39 is 16.0 Å². The van der Waals surface area contributed by atoms with E-state index in [4.69, 9.17) is 5.11 Å². The van der Waals surface area contributed by atoms with Crippen molar-refractivity contribution in [2.45, 2.75) is 6.42 Å². The van der Waals surface area contributed by atoms with Gasteiger partial charge in [0.2, 0.25) is 10.0 Å². The van der Waals surface area contributed by atoms with Crippen LogP contribution in [-0.4, -0.2) is 45.1 Å². The first-order chi connectivity index (χ1) is 8.35. The molecule has 3 N–H and O–H groups in total. The van der Waals surface area contributed by atoms with Crippen molar-refractivity contribution in [1.29, 1.82) is 0 Å². The normalized spacial score (nSPS) is 13.1. The molecule has 0 spiro atoms. The Labute approximate surface area is 112 Å². The predicted octanol–water partition coefficient (Wildman–Crippen LogP) is 0.360. The van der Waals surface area contributed by atoms with Gasteiger partial charge >= 0.3 is 5.97 Å². The Balaban J connectivity index is 4.45. The van der Waals surface area contributed by atoms with Gasteiger partial charge in [-0.15, -0.1) is 0 Å². The highest BCUT2D eigenvalue weighted by Gasteiger charge is 2.03. The van der Waals surface area contributed by atoms with Crippen molar-refractivity contribution in [2.75, 3.05) is 25.6 Å². The molecule has 0 unspecified atom stereocenters. The maximum absolute atomic E-state index is 11.0. The quantitative estimate of drug-likeness (QED) is 0.246. The highest BCUT2D eigenvalue weighted by Crippen LogP contribution is 2.01. The van der Waals surface area contributed by atoms with E-state index in [1.807, 2.05) is 6.26 Å². The second kappa shape index (κ2) is 9.15. The molecular formula is C10H18N2O4S2. The summed E-state index contributed by atoms with van der Waals surface area (Å²) in [4.78, 5) is 10.3. The summed E-state index contributed by atoms with van der Waals surface area (Å²) in [6, 6.07) is 0. The highest BCUT2D eigenvalue weighted by molar-refractivity contribution is 7.96. The summed E-state index contributed by atoms with van der Waals surface area (Å²) in [5.74, 6) is -1.04. The molecule has 6 nitrogen and oxygen atoms in total. The summed E-state index contributed by atoms with van der Waals surface area (Å²) in [6.45, 7) is 0.859. The van der Waals surface area contributed by atoms with Crippen LogP contribution in [0.5, 0.6) is 0 Å². The average molecular weight is 294 g/mol. The molecule has 0 radical (unpaired) electrons. The molecule has 0 saturated carbocycles. The van der Waals surface area contributed by atoms with E-state index in [-0.39, 0.29) is 6.54 Å². The van der Waals surface area contributed by atoms with Gasteiger partial charge in [0.1, 0.15) is 0 Å². The number of carboxylic acids is 1. The van der Waals surface area contributed by atoms with Crippen LogP contribution >= 0.6 is 11.9 Å². The van der Waals surface area contributed by atoms with Gasteiger partial charge in [-0.2, -0.15) is 0 Å². The van der Waals surface area contributed by atoms with Crippen molar-refractivity contribution >= 4 is 27.9 Å². The lowest BCUT2D eigenvalue weighted by atomic mass is 10.2. The third-order valence-electron chi connectivity index (χ3n) is 1.82. The molecule has 0 fully saturated rings. The molecule has 0 aromatic carbocycles. The van der Waals surface area contributed by atoms with Gasteiger partial charge in [0.25, 0.3) is 0 Å². The van der Waals surface area contributed by atoms with Gasteiger partial charge in [-0.3, -0.25) is 4.72 Å². The van der Waals surface area contributed by atoms with E-state index in [1.54, 1.807) is 6.08 Å². The average Bonchev–Trinajstić information content (AvgIpc) is 2.23. The summed E-state index contributed by atoms with van der Waals surface area (Å²) < 4.78 is 27.4. The number of hydrogen-bond acceptors (Lipinski definition) is 5. The van der Waals surface area contributed by atoms with Gasteiger partial charge in [0.05, 0.1) is 6.26 Å².